The average Bonchev–Trinajstić information content (AvgIpc) is 3.23. The molecule has 0 saturated heterocycles. The molecule has 2 heteroatoms. The molecule has 116 valence electrons. The lowest BCUT2D eigenvalue weighted by Gasteiger charge is -2.49. The van der Waals surface area contributed by atoms with E-state index in [1.807, 2.05) is 0 Å². The Balaban J connectivity index is 1.87. The highest BCUT2D eigenvalue weighted by molar-refractivity contribution is 5.97. The summed E-state index contributed by atoms with van der Waals surface area (Å²) in [7, 11) is 0.926. The molecular weight excluding hydrogens is 260 g/mol. The first-order chi connectivity index (χ1) is 9.88. The number of hydrogen-bond acceptors (Lipinski definition) is 1. The van der Waals surface area contributed by atoms with Crippen molar-refractivity contribution in [1.82, 2.24) is 0 Å². The summed E-state index contributed by atoms with van der Waals surface area (Å²) in [6, 6.07) is 0. The van der Waals surface area contributed by atoms with Gasteiger partial charge >= 0.3 is 0 Å². The minimum atomic E-state index is 0.688. The molecule has 0 amide bonds. The topological polar surface area (TPSA) is 9.23 Å². The van der Waals surface area contributed by atoms with E-state index >= 15 is 0 Å². The van der Waals surface area contributed by atoms with Crippen molar-refractivity contribution in [2.45, 2.75) is 83.5 Å². The van der Waals surface area contributed by atoms with E-state index in [-0.39, 0.29) is 0 Å². The summed E-state index contributed by atoms with van der Waals surface area (Å²) in [6.45, 7) is 1.07. The molecule has 0 bridgehead atoms. The van der Waals surface area contributed by atoms with Crippen LogP contribution in [0.25, 0.3) is 0 Å². The Morgan fingerprint density at radius 3 is 1.35 bits per heavy atom. The summed E-state index contributed by atoms with van der Waals surface area (Å²) < 4.78 is 5.71. The maximum Gasteiger partial charge on any atom is 0.145 e. The lowest BCUT2D eigenvalue weighted by atomic mass is 9.56. The van der Waals surface area contributed by atoms with Crippen LogP contribution in [0.2, 0.25) is 0 Å². The van der Waals surface area contributed by atoms with Crippen LogP contribution in [0.4, 0.5) is 0 Å². The van der Waals surface area contributed by atoms with Gasteiger partial charge in [-0.2, -0.15) is 0 Å². The molecule has 20 heavy (non-hydrogen) atoms. The van der Waals surface area contributed by atoms with E-state index in [9.17, 15) is 0 Å². The smallest absolute Gasteiger partial charge is 0.145 e. The second-order valence-corrected chi connectivity index (χ2v) is 8.38. The van der Waals surface area contributed by atoms with Crippen molar-refractivity contribution in [3.05, 3.63) is 0 Å². The maximum atomic E-state index is 5.71. The third-order valence-electron chi connectivity index (χ3n) is 7.08. The zero-order valence-electron chi connectivity index (χ0n) is 13.5. The summed E-state index contributed by atoms with van der Waals surface area (Å²) in [5.41, 5.74) is 0.688. The van der Waals surface area contributed by atoms with Crippen LogP contribution in [-0.2, 0) is 4.43 Å². The summed E-state index contributed by atoms with van der Waals surface area (Å²) in [4.78, 5) is 0. The SMILES string of the molecule is [SiH3]OCCC(C1CCCC1)(C1CCCC1)C1CCCC1. The third kappa shape index (κ3) is 2.75. The van der Waals surface area contributed by atoms with Crippen LogP contribution < -0.4 is 0 Å². The molecule has 3 rings (SSSR count). The van der Waals surface area contributed by atoms with Crippen LogP contribution in [0.15, 0.2) is 0 Å². The largest absolute Gasteiger partial charge is 0.428 e. The molecule has 0 aromatic heterocycles. The van der Waals surface area contributed by atoms with Crippen molar-refractivity contribution < 1.29 is 4.43 Å². The second kappa shape index (κ2) is 6.96. The maximum absolute atomic E-state index is 5.71. The van der Waals surface area contributed by atoms with Gasteiger partial charge in [-0.15, -0.1) is 0 Å². The number of rotatable bonds is 6. The third-order valence-corrected chi connectivity index (χ3v) is 7.49. The first kappa shape index (κ1) is 15.1. The average molecular weight is 295 g/mol. The van der Waals surface area contributed by atoms with Crippen LogP contribution >= 0.6 is 0 Å². The summed E-state index contributed by atoms with van der Waals surface area (Å²) in [5, 5.41) is 0. The fourth-order valence-corrected chi connectivity index (χ4v) is 6.49. The van der Waals surface area contributed by atoms with Gasteiger partial charge in [-0.1, -0.05) is 38.5 Å². The Bertz CT molecular complexity index is 245. The minimum Gasteiger partial charge on any atom is -0.428 e. The molecule has 0 spiro atoms. The van der Waals surface area contributed by atoms with E-state index in [0.717, 1.165) is 34.8 Å². The Morgan fingerprint density at radius 1 is 0.700 bits per heavy atom. The molecular formula is C18H34OSi. The molecule has 3 fully saturated rings. The zero-order valence-corrected chi connectivity index (χ0v) is 15.5. The lowest BCUT2D eigenvalue weighted by molar-refractivity contribution is -0.0146. The van der Waals surface area contributed by atoms with E-state index in [4.69, 9.17) is 4.43 Å². The Hall–Kier alpha value is 0.177. The second-order valence-electron chi connectivity index (χ2n) is 7.80. The molecule has 3 aliphatic carbocycles. The molecule has 3 aliphatic rings. The quantitative estimate of drug-likeness (QED) is 0.666. The Kier molecular flexibility index (Phi) is 5.25. The van der Waals surface area contributed by atoms with Crippen molar-refractivity contribution in [3.63, 3.8) is 0 Å². The van der Waals surface area contributed by atoms with Crippen molar-refractivity contribution in [2.75, 3.05) is 6.61 Å². The van der Waals surface area contributed by atoms with Gasteiger partial charge in [0.25, 0.3) is 0 Å². The van der Waals surface area contributed by atoms with Gasteiger partial charge in [-0.05, 0) is 68.1 Å². The fraction of sp³-hybridized carbons (Fsp3) is 1.00. The normalized spacial score (nSPS) is 27.0. The van der Waals surface area contributed by atoms with E-state index < -0.39 is 0 Å². The van der Waals surface area contributed by atoms with Gasteiger partial charge in [0.1, 0.15) is 10.5 Å². The molecule has 0 N–H and O–H groups in total. The van der Waals surface area contributed by atoms with Gasteiger partial charge in [0.15, 0.2) is 0 Å². The molecule has 0 unspecified atom stereocenters. The Labute approximate surface area is 128 Å². The van der Waals surface area contributed by atoms with Crippen molar-refractivity contribution in [1.29, 1.82) is 0 Å². The first-order valence-corrected chi connectivity index (χ1v) is 10.2. The van der Waals surface area contributed by atoms with Gasteiger partial charge in [0, 0.05) is 6.61 Å². The van der Waals surface area contributed by atoms with Crippen molar-refractivity contribution in [2.24, 2.45) is 23.2 Å². The van der Waals surface area contributed by atoms with Crippen LogP contribution in [0.5, 0.6) is 0 Å². The molecule has 0 radical (unpaired) electrons. The summed E-state index contributed by atoms with van der Waals surface area (Å²) in [5.74, 6) is 3.14. The minimum absolute atomic E-state index is 0.688. The molecule has 1 nitrogen and oxygen atoms in total. The first-order valence-electron chi connectivity index (χ1n) is 9.37. The van der Waals surface area contributed by atoms with E-state index in [1.54, 1.807) is 0 Å². The monoisotopic (exact) mass is 294 g/mol. The van der Waals surface area contributed by atoms with Gasteiger partial charge in [-0.3, -0.25) is 0 Å². The Morgan fingerprint density at radius 2 is 1.05 bits per heavy atom. The predicted molar refractivity (Wildman–Crippen MR) is 88.8 cm³/mol. The zero-order chi connectivity index (χ0) is 13.8. The standard InChI is InChI=1S/C18H34OSi/c20-19-14-13-18(15-7-1-2-8-15,16-9-3-4-10-16)17-11-5-6-12-17/h15-17H,1-14H2,20H3. The molecule has 3 saturated carbocycles. The molecule has 0 heterocycles. The van der Waals surface area contributed by atoms with Gasteiger partial charge in [0.2, 0.25) is 0 Å². The summed E-state index contributed by atoms with van der Waals surface area (Å²) in [6.07, 6.45) is 19.7. The summed E-state index contributed by atoms with van der Waals surface area (Å²) >= 11 is 0. The highest BCUT2D eigenvalue weighted by Gasteiger charge is 2.51. The lowest BCUT2D eigenvalue weighted by Crippen LogP contribution is -2.43. The van der Waals surface area contributed by atoms with Crippen molar-refractivity contribution >= 4 is 10.5 Å². The van der Waals surface area contributed by atoms with Crippen LogP contribution in [0, 0.1) is 23.2 Å². The molecule has 0 aromatic rings. The van der Waals surface area contributed by atoms with Gasteiger partial charge in [-0.25, -0.2) is 0 Å². The highest BCUT2D eigenvalue weighted by atomic mass is 28.2. The molecule has 0 aliphatic heterocycles. The van der Waals surface area contributed by atoms with Gasteiger partial charge in [0.05, 0.1) is 0 Å². The van der Waals surface area contributed by atoms with Gasteiger partial charge < -0.3 is 4.43 Å². The van der Waals surface area contributed by atoms with Crippen LogP contribution in [-0.4, -0.2) is 17.1 Å². The van der Waals surface area contributed by atoms with E-state index in [2.05, 4.69) is 0 Å². The van der Waals surface area contributed by atoms with E-state index in [0.29, 0.717) is 5.41 Å². The predicted octanol–water partition coefficient (Wildman–Crippen LogP) is 4.23. The highest BCUT2D eigenvalue weighted by Crippen LogP contribution is 2.60. The fourth-order valence-electron chi connectivity index (χ4n) is 6.28. The van der Waals surface area contributed by atoms with Crippen molar-refractivity contribution in [3.8, 4) is 0 Å². The van der Waals surface area contributed by atoms with Crippen LogP contribution in [0.1, 0.15) is 83.5 Å². The molecule has 0 atom stereocenters. The number of hydrogen-bond donors (Lipinski definition) is 0. The van der Waals surface area contributed by atoms with E-state index in [1.165, 1.54) is 83.5 Å². The molecule has 0 aromatic carbocycles. The van der Waals surface area contributed by atoms with Crippen LogP contribution in [0.3, 0.4) is 0 Å².